The Kier molecular flexibility index (Phi) is 1.60. The van der Waals surface area contributed by atoms with E-state index in [4.69, 9.17) is 0 Å². The van der Waals surface area contributed by atoms with E-state index in [9.17, 15) is 19.2 Å². The minimum absolute atomic E-state index is 0.309. The van der Waals surface area contributed by atoms with E-state index in [1.54, 1.807) is 0 Å². The molecule has 18 heavy (non-hydrogen) atoms. The van der Waals surface area contributed by atoms with Crippen LogP contribution in [0.2, 0.25) is 0 Å². The second-order valence-electron chi connectivity index (χ2n) is 5.09. The van der Waals surface area contributed by atoms with Gasteiger partial charge in [0.15, 0.2) is 0 Å². The molecule has 2 heterocycles. The molecule has 0 aromatic rings. The van der Waals surface area contributed by atoms with Crippen LogP contribution in [0.15, 0.2) is 11.1 Å². The second kappa shape index (κ2) is 2.88. The van der Waals surface area contributed by atoms with Crippen molar-refractivity contribution in [3.63, 3.8) is 0 Å². The van der Waals surface area contributed by atoms with E-state index in [-0.39, 0.29) is 0 Å². The summed E-state index contributed by atoms with van der Waals surface area (Å²) in [6.07, 6.45) is 1.24. The molecule has 5 aliphatic rings. The summed E-state index contributed by atoms with van der Waals surface area (Å²) >= 11 is 0. The Hall–Kier alpha value is -1.98. The predicted octanol–water partition coefficient (Wildman–Crippen LogP) is -0.278. The minimum atomic E-state index is -0.657. The highest BCUT2D eigenvalue weighted by Crippen LogP contribution is 2.56. The van der Waals surface area contributed by atoms with Crippen LogP contribution in [0.5, 0.6) is 0 Å². The van der Waals surface area contributed by atoms with Gasteiger partial charge < -0.3 is 9.47 Å². The Morgan fingerprint density at radius 3 is 1.61 bits per heavy atom. The molecular weight excluding hydrogens is 240 g/mol. The van der Waals surface area contributed by atoms with Gasteiger partial charge in [0.1, 0.15) is 0 Å². The smallest absolute Gasteiger partial charge is 0.342 e. The van der Waals surface area contributed by atoms with Crippen molar-refractivity contribution in [1.82, 2.24) is 0 Å². The van der Waals surface area contributed by atoms with Gasteiger partial charge in [0.05, 0.1) is 23.0 Å². The molecule has 6 nitrogen and oxygen atoms in total. The number of hydrogen-bond acceptors (Lipinski definition) is 6. The highest BCUT2D eigenvalue weighted by Gasteiger charge is 2.63. The van der Waals surface area contributed by atoms with Gasteiger partial charge in [-0.1, -0.05) is 0 Å². The number of hydrogen-bond donors (Lipinski definition) is 0. The third-order valence-electron chi connectivity index (χ3n) is 4.45. The molecule has 0 spiro atoms. The predicted molar refractivity (Wildman–Crippen MR) is 52.4 cm³/mol. The van der Waals surface area contributed by atoms with Crippen LogP contribution in [-0.2, 0) is 28.7 Å². The van der Waals surface area contributed by atoms with Crippen LogP contribution in [0.4, 0.5) is 0 Å². The van der Waals surface area contributed by atoms with Crippen LogP contribution in [0.25, 0.3) is 0 Å². The van der Waals surface area contributed by atoms with Gasteiger partial charge in [-0.15, -0.1) is 0 Å². The Morgan fingerprint density at radius 1 is 0.722 bits per heavy atom. The van der Waals surface area contributed by atoms with E-state index in [0.717, 1.165) is 0 Å². The molecule has 1 saturated carbocycles. The number of cyclic esters (lactones) is 4. The molecule has 0 aromatic carbocycles. The maximum absolute atomic E-state index is 11.7. The van der Waals surface area contributed by atoms with E-state index in [1.165, 1.54) is 0 Å². The topological polar surface area (TPSA) is 86.7 Å². The van der Waals surface area contributed by atoms with Gasteiger partial charge in [0.25, 0.3) is 0 Å². The number of ether oxygens (including phenoxy) is 2. The van der Waals surface area contributed by atoms with Crippen LogP contribution in [-0.4, -0.2) is 23.9 Å². The van der Waals surface area contributed by atoms with Crippen molar-refractivity contribution in [2.24, 2.45) is 23.7 Å². The Labute approximate surface area is 101 Å². The lowest BCUT2D eigenvalue weighted by Gasteiger charge is -2.40. The highest BCUT2D eigenvalue weighted by molar-refractivity contribution is 6.15. The van der Waals surface area contributed by atoms with Crippen LogP contribution >= 0.6 is 0 Å². The van der Waals surface area contributed by atoms with Gasteiger partial charge in [0.2, 0.25) is 0 Å². The summed E-state index contributed by atoms with van der Waals surface area (Å²) in [5.74, 6) is -4.45. The van der Waals surface area contributed by atoms with E-state index in [1.807, 2.05) is 0 Å². The summed E-state index contributed by atoms with van der Waals surface area (Å²) in [5, 5.41) is 0. The standard InChI is InChI=1S/C12H8O6/c13-9-5-3-1-2-4(7(5)11(15)17-9)8-6(3)10(14)18-12(8)16/h3-5,7H,1-2H2. The van der Waals surface area contributed by atoms with E-state index >= 15 is 0 Å². The van der Waals surface area contributed by atoms with E-state index < -0.39 is 47.5 Å². The molecule has 3 aliphatic carbocycles. The molecule has 0 aromatic heterocycles. The van der Waals surface area contributed by atoms with Crippen LogP contribution in [0, 0.1) is 23.7 Å². The number of carbonyl (C=O) groups excluding carboxylic acids is 4. The monoisotopic (exact) mass is 248 g/mol. The quantitative estimate of drug-likeness (QED) is 0.433. The molecule has 6 heteroatoms. The average Bonchev–Trinajstić information content (AvgIpc) is 2.81. The normalized spacial score (nSPS) is 40.9. The summed E-state index contributed by atoms with van der Waals surface area (Å²) in [6.45, 7) is 0. The van der Waals surface area contributed by atoms with Crippen LogP contribution < -0.4 is 0 Å². The maximum Gasteiger partial charge on any atom is 0.342 e. The van der Waals surface area contributed by atoms with Crippen LogP contribution in [0.3, 0.4) is 0 Å². The summed E-state index contributed by atoms with van der Waals surface area (Å²) in [6, 6.07) is 0. The van der Waals surface area contributed by atoms with Crippen molar-refractivity contribution >= 4 is 23.9 Å². The Balaban J connectivity index is 1.93. The van der Waals surface area contributed by atoms with Crippen molar-refractivity contribution in [3.8, 4) is 0 Å². The largest absolute Gasteiger partial charge is 0.393 e. The molecule has 0 radical (unpaired) electrons. The molecule has 2 aliphatic heterocycles. The minimum Gasteiger partial charge on any atom is -0.393 e. The fourth-order valence-corrected chi connectivity index (χ4v) is 3.84. The van der Waals surface area contributed by atoms with Crippen molar-refractivity contribution in [3.05, 3.63) is 11.1 Å². The summed E-state index contributed by atoms with van der Waals surface area (Å²) in [5.41, 5.74) is 0.619. The molecule has 4 atom stereocenters. The van der Waals surface area contributed by atoms with Gasteiger partial charge in [-0.2, -0.15) is 0 Å². The van der Waals surface area contributed by atoms with Gasteiger partial charge in [-0.05, 0) is 12.8 Å². The summed E-state index contributed by atoms with van der Waals surface area (Å²) in [7, 11) is 0. The molecule has 92 valence electrons. The van der Waals surface area contributed by atoms with E-state index in [2.05, 4.69) is 9.47 Å². The first-order valence-corrected chi connectivity index (χ1v) is 5.85. The van der Waals surface area contributed by atoms with Gasteiger partial charge in [-0.25, -0.2) is 9.59 Å². The lowest BCUT2D eigenvalue weighted by Crippen LogP contribution is -2.44. The Morgan fingerprint density at radius 2 is 1.17 bits per heavy atom. The lowest BCUT2D eigenvalue weighted by molar-refractivity contribution is -0.154. The summed E-state index contributed by atoms with van der Waals surface area (Å²) in [4.78, 5) is 46.7. The number of esters is 4. The number of fused-ring (bicyclic) bond motifs is 1. The van der Waals surface area contributed by atoms with Crippen molar-refractivity contribution < 1.29 is 28.7 Å². The first-order chi connectivity index (χ1) is 8.59. The van der Waals surface area contributed by atoms with Gasteiger partial charge >= 0.3 is 23.9 Å². The van der Waals surface area contributed by atoms with E-state index in [0.29, 0.717) is 24.0 Å². The zero-order valence-electron chi connectivity index (χ0n) is 9.17. The van der Waals surface area contributed by atoms with Crippen molar-refractivity contribution in [2.45, 2.75) is 12.8 Å². The Bertz CT molecular complexity index is 523. The molecule has 5 rings (SSSR count). The third-order valence-corrected chi connectivity index (χ3v) is 4.45. The van der Waals surface area contributed by atoms with Crippen LogP contribution in [0.1, 0.15) is 12.8 Å². The van der Waals surface area contributed by atoms with Gasteiger partial charge in [-0.3, -0.25) is 9.59 Å². The zero-order chi connectivity index (χ0) is 12.6. The van der Waals surface area contributed by atoms with Crippen molar-refractivity contribution in [1.29, 1.82) is 0 Å². The first-order valence-electron chi connectivity index (χ1n) is 5.85. The fraction of sp³-hybridized carbons (Fsp3) is 0.500. The number of carbonyl (C=O) groups is 4. The number of rotatable bonds is 0. The molecule has 2 fully saturated rings. The molecule has 0 N–H and O–H groups in total. The fourth-order valence-electron chi connectivity index (χ4n) is 3.84. The third kappa shape index (κ3) is 0.913. The first kappa shape index (κ1) is 9.99. The lowest BCUT2D eigenvalue weighted by atomic mass is 9.57. The molecule has 4 unspecified atom stereocenters. The van der Waals surface area contributed by atoms with Crippen molar-refractivity contribution in [2.75, 3.05) is 0 Å². The molecule has 2 bridgehead atoms. The zero-order valence-corrected chi connectivity index (χ0v) is 9.17. The average molecular weight is 248 g/mol. The molecule has 1 saturated heterocycles. The summed E-state index contributed by atoms with van der Waals surface area (Å²) < 4.78 is 9.27. The molecular formula is C12H8O6. The second-order valence-corrected chi connectivity index (χ2v) is 5.09. The van der Waals surface area contributed by atoms with Gasteiger partial charge in [0, 0.05) is 11.8 Å². The molecule has 0 amide bonds. The SMILES string of the molecule is O=C1OC(=O)C2=C1C1CCC2C2C(=O)OC(=O)C12. The maximum atomic E-state index is 11.7. The highest BCUT2D eigenvalue weighted by atomic mass is 16.6.